The van der Waals surface area contributed by atoms with Crippen LogP contribution in [0.4, 0.5) is 0 Å². The Morgan fingerprint density at radius 1 is 1.21 bits per heavy atom. The Balaban J connectivity index is 1.78. The molecule has 3 rings (SSSR count). The van der Waals surface area contributed by atoms with Gasteiger partial charge in [-0.15, -0.1) is 0 Å². The zero-order valence-electron chi connectivity index (χ0n) is 12.4. The van der Waals surface area contributed by atoms with Gasteiger partial charge in [-0.05, 0) is 56.8 Å². The molecule has 0 aromatic heterocycles. The van der Waals surface area contributed by atoms with Crippen molar-refractivity contribution in [2.45, 2.75) is 76.4 Å². The lowest BCUT2D eigenvalue weighted by Crippen LogP contribution is -2.60. The van der Waals surface area contributed by atoms with Crippen LogP contribution < -0.4 is 11.3 Å². The molecule has 0 heterocycles. The first-order chi connectivity index (χ1) is 9.29. The number of fused-ring (bicyclic) bond motifs is 2. The summed E-state index contributed by atoms with van der Waals surface area (Å²) in [6.07, 6.45) is 12.1. The molecule has 0 aliphatic heterocycles. The number of nitrogens with one attached hydrogen (secondary N) is 1. The predicted molar refractivity (Wildman–Crippen MR) is 77.5 cm³/mol. The minimum atomic E-state index is 0.0247. The van der Waals surface area contributed by atoms with Crippen molar-refractivity contribution < 1.29 is 4.74 Å². The van der Waals surface area contributed by atoms with Crippen molar-refractivity contribution in [1.29, 1.82) is 0 Å². The van der Waals surface area contributed by atoms with Gasteiger partial charge in [0, 0.05) is 6.61 Å². The van der Waals surface area contributed by atoms with E-state index in [1.54, 1.807) is 0 Å². The minimum Gasteiger partial charge on any atom is -0.374 e. The lowest BCUT2D eigenvalue weighted by molar-refractivity contribution is -0.107. The molecule has 3 aliphatic rings. The molecule has 0 spiro atoms. The van der Waals surface area contributed by atoms with Crippen molar-refractivity contribution in [2.24, 2.45) is 23.6 Å². The van der Waals surface area contributed by atoms with Gasteiger partial charge < -0.3 is 4.74 Å². The Morgan fingerprint density at radius 2 is 2.00 bits per heavy atom. The predicted octanol–water partition coefficient (Wildman–Crippen LogP) is 2.99. The number of ether oxygens (including phenoxy) is 1. The monoisotopic (exact) mass is 266 g/mol. The van der Waals surface area contributed by atoms with E-state index in [0.29, 0.717) is 6.04 Å². The van der Waals surface area contributed by atoms with Gasteiger partial charge in [-0.1, -0.05) is 25.7 Å². The molecule has 4 atom stereocenters. The Bertz CT molecular complexity index is 296. The fourth-order valence-corrected chi connectivity index (χ4v) is 5.35. The van der Waals surface area contributed by atoms with Crippen LogP contribution in [-0.4, -0.2) is 18.2 Å². The van der Waals surface area contributed by atoms with E-state index in [1.807, 2.05) is 0 Å². The topological polar surface area (TPSA) is 47.3 Å². The van der Waals surface area contributed by atoms with Crippen LogP contribution in [0.15, 0.2) is 0 Å². The Hall–Kier alpha value is -0.120. The third-order valence-corrected chi connectivity index (χ3v) is 6.10. The molecule has 0 aromatic rings. The van der Waals surface area contributed by atoms with Crippen molar-refractivity contribution in [1.82, 2.24) is 5.43 Å². The SMILES string of the molecule is CCOC1(C(NN)C2CC3CCC2C3)CCCCC1. The van der Waals surface area contributed by atoms with Gasteiger partial charge in [0.25, 0.3) is 0 Å². The summed E-state index contributed by atoms with van der Waals surface area (Å²) in [6.45, 7) is 2.95. The van der Waals surface area contributed by atoms with E-state index in [4.69, 9.17) is 10.6 Å². The van der Waals surface area contributed by atoms with Gasteiger partial charge in [0.15, 0.2) is 0 Å². The summed E-state index contributed by atoms with van der Waals surface area (Å²) >= 11 is 0. The molecule has 3 aliphatic carbocycles. The highest BCUT2D eigenvalue weighted by Gasteiger charge is 2.51. The van der Waals surface area contributed by atoms with Crippen LogP contribution in [0.2, 0.25) is 0 Å². The standard InChI is InChI=1S/C16H30N2O/c1-2-19-16(8-4-3-5-9-16)15(18-17)14-11-12-6-7-13(14)10-12/h12-15,18H,2-11,17H2,1H3. The second-order valence-electron chi connectivity index (χ2n) is 7.04. The molecular weight excluding hydrogens is 236 g/mol. The summed E-state index contributed by atoms with van der Waals surface area (Å²) in [5.41, 5.74) is 3.22. The lowest BCUT2D eigenvalue weighted by atomic mass is 9.70. The van der Waals surface area contributed by atoms with Crippen LogP contribution in [-0.2, 0) is 4.74 Å². The normalized spacial score (nSPS) is 38.5. The second-order valence-corrected chi connectivity index (χ2v) is 7.04. The number of nitrogens with two attached hydrogens (primary N) is 1. The molecule has 4 unspecified atom stereocenters. The molecule has 3 saturated carbocycles. The van der Waals surface area contributed by atoms with E-state index < -0.39 is 0 Å². The first-order valence-corrected chi connectivity index (χ1v) is 8.39. The van der Waals surface area contributed by atoms with Crippen LogP contribution in [0.25, 0.3) is 0 Å². The molecule has 0 amide bonds. The summed E-state index contributed by atoms with van der Waals surface area (Å²) in [5.74, 6) is 8.65. The fraction of sp³-hybridized carbons (Fsp3) is 1.00. The van der Waals surface area contributed by atoms with Crippen LogP contribution >= 0.6 is 0 Å². The summed E-state index contributed by atoms with van der Waals surface area (Å²) in [5, 5.41) is 0. The quantitative estimate of drug-likeness (QED) is 0.594. The molecule has 3 nitrogen and oxygen atoms in total. The highest BCUT2D eigenvalue weighted by Crippen LogP contribution is 2.52. The first kappa shape index (κ1) is 13.8. The smallest absolute Gasteiger partial charge is 0.0850 e. The van der Waals surface area contributed by atoms with Crippen molar-refractivity contribution in [3.63, 3.8) is 0 Å². The molecule has 110 valence electrons. The van der Waals surface area contributed by atoms with Gasteiger partial charge >= 0.3 is 0 Å². The van der Waals surface area contributed by atoms with Crippen LogP contribution in [0.1, 0.15) is 64.7 Å². The number of hydrazine groups is 1. The molecule has 0 saturated heterocycles. The highest BCUT2D eigenvalue weighted by atomic mass is 16.5. The van der Waals surface area contributed by atoms with Crippen LogP contribution in [0, 0.1) is 17.8 Å². The van der Waals surface area contributed by atoms with Gasteiger partial charge in [0.1, 0.15) is 0 Å². The molecule has 3 heteroatoms. The maximum absolute atomic E-state index is 6.30. The average Bonchev–Trinajstić information content (AvgIpc) is 3.03. The highest BCUT2D eigenvalue weighted by molar-refractivity contribution is 5.04. The first-order valence-electron chi connectivity index (χ1n) is 8.39. The lowest BCUT2D eigenvalue weighted by Gasteiger charge is -2.47. The molecule has 19 heavy (non-hydrogen) atoms. The van der Waals surface area contributed by atoms with E-state index in [9.17, 15) is 0 Å². The van der Waals surface area contributed by atoms with E-state index in [-0.39, 0.29) is 5.60 Å². The Kier molecular flexibility index (Phi) is 4.16. The van der Waals surface area contributed by atoms with Gasteiger partial charge in [0.05, 0.1) is 11.6 Å². The summed E-state index contributed by atoms with van der Waals surface area (Å²) in [7, 11) is 0. The van der Waals surface area contributed by atoms with Gasteiger partial charge in [-0.2, -0.15) is 0 Å². The average molecular weight is 266 g/mol. The third kappa shape index (κ3) is 2.45. The molecule has 2 bridgehead atoms. The largest absolute Gasteiger partial charge is 0.374 e. The summed E-state index contributed by atoms with van der Waals surface area (Å²) in [6, 6.07) is 0.378. The Labute approximate surface area is 117 Å². The molecule has 3 N–H and O–H groups in total. The maximum Gasteiger partial charge on any atom is 0.0850 e. The molecule has 0 radical (unpaired) electrons. The van der Waals surface area contributed by atoms with Crippen LogP contribution in [0.5, 0.6) is 0 Å². The van der Waals surface area contributed by atoms with Gasteiger partial charge in [-0.25, -0.2) is 0 Å². The molecule has 3 fully saturated rings. The fourth-order valence-electron chi connectivity index (χ4n) is 5.35. The van der Waals surface area contributed by atoms with Crippen molar-refractivity contribution >= 4 is 0 Å². The van der Waals surface area contributed by atoms with Gasteiger partial charge in [-0.3, -0.25) is 11.3 Å². The number of hydrogen-bond donors (Lipinski definition) is 2. The molecular formula is C16H30N2O. The summed E-state index contributed by atoms with van der Waals surface area (Å²) < 4.78 is 6.30. The van der Waals surface area contributed by atoms with Gasteiger partial charge in [0.2, 0.25) is 0 Å². The third-order valence-electron chi connectivity index (χ3n) is 6.10. The van der Waals surface area contributed by atoms with E-state index in [0.717, 1.165) is 24.4 Å². The van der Waals surface area contributed by atoms with E-state index in [1.165, 1.54) is 57.8 Å². The van der Waals surface area contributed by atoms with Crippen molar-refractivity contribution in [2.75, 3.05) is 6.61 Å². The minimum absolute atomic E-state index is 0.0247. The second kappa shape index (κ2) is 5.71. The van der Waals surface area contributed by atoms with E-state index >= 15 is 0 Å². The zero-order chi connectivity index (χ0) is 13.3. The number of hydrogen-bond acceptors (Lipinski definition) is 3. The van der Waals surface area contributed by atoms with Crippen molar-refractivity contribution in [3.8, 4) is 0 Å². The van der Waals surface area contributed by atoms with Crippen molar-refractivity contribution in [3.05, 3.63) is 0 Å². The Morgan fingerprint density at radius 3 is 2.53 bits per heavy atom. The van der Waals surface area contributed by atoms with E-state index in [2.05, 4.69) is 12.3 Å². The zero-order valence-corrected chi connectivity index (χ0v) is 12.4. The van der Waals surface area contributed by atoms with Crippen LogP contribution in [0.3, 0.4) is 0 Å². The number of rotatable bonds is 5. The maximum atomic E-state index is 6.30. The summed E-state index contributed by atoms with van der Waals surface area (Å²) in [4.78, 5) is 0. The molecule has 0 aromatic carbocycles.